The van der Waals surface area contributed by atoms with Gasteiger partial charge in [0, 0.05) is 12.8 Å². The van der Waals surface area contributed by atoms with E-state index in [1.165, 1.54) is 32.8 Å². The summed E-state index contributed by atoms with van der Waals surface area (Å²) in [5.74, 6) is -0.331. The highest BCUT2D eigenvalue weighted by Gasteiger charge is 2.59. The Balaban J connectivity index is 1.94. The molecule has 1 aromatic carbocycles. The largest absolute Gasteiger partial charge is 0.465 e. The van der Waals surface area contributed by atoms with Gasteiger partial charge >= 0.3 is 5.97 Å². The molecule has 5 nitrogen and oxygen atoms in total. The number of methoxy groups -OCH3 is 1. The summed E-state index contributed by atoms with van der Waals surface area (Å²) in [5, 5.41) is 3.16. The van der Waals surface area contributed by atoms with Crippen LogP contribution in [0.2, 0.25) is 0 Å². The van der Waals surface area contributed by atoms with Crippen LogP contribution in [0.3, 0.4) is 0 Å². The zero-order valence-electron chi connectivity index (χ0n) is 17.0. The van der Waals surface area contributed by atoms with Crippen LogP contribution in [-0.2, 0) is 9.53 Å². The summed E-state index contributed by atoms with van der Waals surface area (Å²) < 4.78 is 5.82. The predicted molar refractivity (Wildman–Crippen MR) is 107 cm³/mol. The van der Waals surface area contributed by atoms with E-state index in [9.17, 15) is 9.59 Å². The monoisotopic (exact) mass is 373 g/mol. The van der Waals surface area contributed by atoms with Crippen molar-refractivity contribution in [3.05, 3.63) is 29.3 Å². The van der Waals surface area contributed by atoms with Crippen LogP contribution < -0.4 is 5.32 Å². The summed E-state index contributed by atoms with van der Waals surface area (Å²) in [6.07, 6.45) is 7.90. The number of esters is 1. The first-order valence-corrected chi connectivity index (χ1v) is 10.4. The van der Waals surface area contributed by atoms with E-state index in [0.717, 1.165) is 48.9 Å². The molecule has 1 amide bonds. The fourth-order valence-corrected chi connectivity index (χ4v) is 5.11. The van der Waals surface area contributed by atoms with Gasteiger partial charge in [-0.25, -0.2) is 4.79 Å². The average molecular weight is 374 g/mol. The number of aryl methyl sites for hydroxylation is 1. The molecule has 1 heterocycles. The van der Waals surface area contributed by atoms with Crippen molar-refractivity contribution >= 4 is 17.6 Å². The van der Waals surface area contributed by atoms with Crippen molar-refractivity contribution in [1.82, 2.24) is 0 Å². The average Bonchev–Trinajstić information content (AvgIpc) is 2.88. The molecular formula is C22H33N2O3+. The molecule has 0 bridgehead atoms. The first kappa shape index (κ1) is 19.9. The molecule has 0 spiro atoms. The van der Waals surface area contributed by atoms with Crippen molar-refractivity contribution < 1.29 is 18.8 Å². The molecule has 0 atom stereocenters. The number of rotatable bonds is 5. The molecule has 1 aliphatic carbocycles. The molecule has 2 fully saturated rings. The Hall–Kier alpha value is -1.88. The Morgan fingerprint density at radius 2 is 1.78 bits per heavy atom. The minimum Gasteiger partial charge on any atom is -0.465 e. The smallest absolute Gasteiger partial charge is 0.339 e. The van der Waals surface area contributed by atoms with Crippen molar-refractivity contribution in [2.75, 3.05) is 32.1 Å². The van der Waals surface area contributed by atoms with Gasteiger partial charge in [0.05, 0.1) is 38.0 Å². The van der Waals surface area contributed by atoms with Crippen molar-refractivity contribution in [3.8, 4) is 0 Å². The number of quaternary nitrogens is 1. The first-order valence-electron chi connectivity index (χ1n) is 10.4. The normalized spacial score (nSPS) is 20.9. The maximum absolute atomic E-state index is 13.6. The van der Waals surface area contributed by atoms with E-state index in [2.05, 4.69) is 12.2 Å². The van der Waals surface area contributed by atoms with Crippen LogP contribution >= 0.6 is 0 Å². The summed E-state index contributed by atoms with van der Waals surface area (Å²) in [6, 6.07) is 5.47. The van der Waals surface area contributed by atoms with Crippen LogP contribution in [0.25, 0.3) is 0 Å². The molecule has 3 rings (SSSR count). The fourth-order valence-electron chi connectivity index (χ4n) is 5.11. The Kier molecular flexibility index (Phi) is 5.89. The van der Waals surface area contributed by atoms with Crippen LogP contribution in [0.15, 0.2) is 18.2 Å². The number of para-hydroxylation sites is 1. The number of benzene rings is 1. The standard InChI is InChI=1S/C22H32N2O3/c1-4-24(15-7-5-6-8-16-24)22(13-10-14-22)21(26)23-19-17(2)11-9-12-18(19)20(25)27-3/h9,11-12H,4-8,10,13-16H2,1-3H3/p+1. The number of carbonyl (C=O) groups is 2. The maximum atomic E-state index is 13.6. The van der Waals surface area contributed by atoms with Crippen molar-refractivity contribution in [2.24, 2.45) is 0 Å². The molecule has 1 saturated heterocycles. The van der Waals surface area contributed by atoms with Gasteiger partial charge in [0.15, 0.2) is 5.54 Å². The van der Waals surface area contributed by atoms with Crippen molar-refractivity contribution in [2.45, 2.75) is 64.3 Å². The molecule has 2 aliphatic rings. The predicted octanol–water partition coefficient (Wildman–Crippen LogP) is 4.05. The van der Waals surface area contributed by atoms with Gasteiger partial charge < -0.3 is 14.5 Å². The third-order valence-corrected chi connectivity index (χ3v) is 6.96. The highest BCUT2D eigenvalue weighted by atomic mass is 16.5. The molecule has 1 aromatic rings. The quantitative estimate of drug-likeness (QED) is 0.626. The van der Waals surface area contributed by atoms with Crippen LogP contribution in [0, 0.1) is 6.92 Å². The Morgan fingerprint density at radius 1 is 1.11 bits per heavy atom. The van der Waals surface area contributed by atoms with E-state index >= 15 is 0 Å². The number of hydrogen-bond acceptors (Lipinski definition) is 3. The third kappa shape index (κ3) is 3.38. The summed E-state index contributed by atoms with van der Waals surface area (Å²) in [7, 11) is 1.37. The van der Waals surface area contributed by atoms with Gasteiger partial charge in [-0.2, -0.15) is 0 Å². The number of nitrogens with zero attached hydrogens (tertiary/aromatic N) is 1. The van der Waals surface area contributed by atoms with E-state index < -0.39 is 5.97 Å². The zero-order chi connectivity index (χ0) is 19.5. The van der Waals surface area contributed by atoms with Gasteiger partial charge in [0.2, 0.25) is 0 Å². The number of carbonyl (C=O) groups excluding carboxylic acids is 2. The molecule has 0 unspecified atom stereocenters. The number of anilines is 1. The number of hydrogen-bond donors (Lipinski definition) is 1. The van der Waals surface area contributed by atoms with Gasteiger partial charge in [0.1, 0.15) is 0 Å². The maximum Gasteiger partial charge on any atom is 0.339 e. The summed E-state index contributed by atoms with van der Waals surface area (Å²) in [4.78, 5) is 25.8. The minimum absolute atomic E-state index is 0.0805. The van der Waals surface area contributed by atoms with Gasteiger partial charge in [-0.15, -0.1) is 0 Å². The van der Waals surface area contributed by atoms with Crippen LogP contribution in [0.4, 0.5) is 5.69 Å². The highest BCUT2D eigenvalue weighted by molar-refractivity contribution is 6.05. The van der Waals surface area contributed by atoms with E-state index in [4.69, 9.17) is 4.74 Å². The second-order valence-electron chi connectivity index (χ2n) is 8.15. The Morgan fingerprint density at radius 3 is 2.30 bits per heavy atom. The molecule has 5 heteroatoms. The number of likely N-dealkylation sites (tertiary alicyclic amines) is 1. The molecule has 148 valence electrons. The fraction of sp³-hybridized carbons (Fsp3) is 0.636. The molecule has 1 aliphatic heterocycles. The minimum atomic E-state index is -0.411. The lowest BCUT2D eigenvalue weighted by Gasteiger charge is -2.56. The summed E-state index contributed by atoms with van der Waals surface area (Å²) in [5.41, 5.74) is 1.57. The molecule has 0 aromatic heterocycles. The zero-order valence-corrected chi connectivity index (χ0v) is 17.0. The number of likely N-dealkylation sites (N-methyl/N-ethyl adjacent to an activating group) is 1. The topological polar surface area (TPSA) is 55.4 Å². The lowest BCUT2D eigenvalue weighted by molar-refractivity contribution is -0.970. The van der Waals surface area contributed by atoms with Gasteiger partial charge in [-0.3, -0.25) is 4.79 Å². The highest BCUT2D eigenvalue weighted by Crippen LogP contribution is 2.45. The van der Waals surface area contributed by atoms with Crippen LogP contribution in [0.5, 0.6) is 0 Å². The molecule has 1 N–H and O–H groups in total. The van der Waals surface area contributed by atoms with E-state index in [1.54, 1.807) is 6.07 Å². The first-order chi connectivity index (χ1) is 13.0. The number of nitrogens with one attached hydrogen (secondary N) is 1. The molecule has 27 heavy (non-hydrogen) atoms. The second-order valence-corrected chi connectivity index (χ2v) is 8.15. The molecule has 0 radical (unpaired) electrons. The molecular weight excluding hydrogens is 340 g/mol. The summed E-state index contributed by atoms with van der Waals surface area (Å²) in [6.45, 7) is 7.31. The van der Waals surface area contributed by atoms with Crippen LogP contribution in [0.1, 0.15) is 67.8 Å². The molecule has 1 saturated carbocycles. The lowest BCUT2D eigenvalue weighted by Crippen LogP contribution is -2.72. The van der Waals surface area contributed by atoms with Crippen LogP contribution in [-0.4, -0.2) is 48.6 Å². The van der Waals surface area contributed by atoms with Gasteiger partial charge in [-0.1, -0.05) is 12.1 Å². The van der Waals surface area contributed by atoms with Crippen molar-refractivity contribution in [1.29, 1.82) is 0 Å². The lowest BCUT2D eigenvalue weighted by atomic mass is 9.72. The van der Waals surface area contributed by atoms with Crippen molar-refractivity contribution in [3.63, 3.8) is 0 Å². The third-order valence-electron chi connectivity index (χ3n) is 6.96. The second kappa shape index (κ2) is 8.01. The number of amides is 1. The Bertz CT molecular complexity index is 702. The Labute approximate surface area is 162 Å². The summed E-state index contributed by atoms with van der Waals surface area (Å²) >= 11 is 0. The van der Waals surface area contributed by atoms with E-state index in [1.807, 2.05) is 19.1 Å². The number of ether oxygens (including phenoxy) is 1. The van der Waals surface area contributed by atoms with E-state index in [0.29, 0.717) is 11.3 Å². The van der Waals surface area contributed by atoms with E-state index in [-0.39, 0.29) is 11.4 Å². The van der Waals surface area contributed by atoms with Gasteiger partial charge in [-0.05, 0) is 57.6 Å². The SMILES string of the molecule is CC[N+]1(C2(C(=O)Nc3c(C)cccc3C(=O)OC)CCC2)CCCCCC1. The van der Waals surface area contributed by atoms with Gasteiger partial charge in [0.25, 0.3) is 5.91 Å².